The van der Waals surface area contributed by atoms with Gasteiger partial charge in [-0.15, -0.1) is 0 Å². The number of urea groups is 1. The molecule has 2 unspecified atom stereocenters. The van der Waals surface area contributed by atoms with Crippen molar-refractivity contribution in [3.8, 4) is 0 Å². The average Bonchev–Trinajstić information content (AvgIpc) is 2.26. The number of nitrogens with zero attached hydrogens (tertiary/aromatic N) is 1. The number of amides is 2. The van der Waals surface area contributed by atoms with Crippen LogP contribution in [0.5, 0.6) is 0 Å². The lowest BCUT2D eigenvalue weighted by atomic mass is 9.70. The smallest absolute Gasteiger partial charge is 0.332 e. The van der Waals surface area contributed by atoms with E-state index in [0.29, 0.717) is 5.92 Å². The van der Waals surface area contributed by atoms with Gasteiger partial charge >= 0.3 is 6.03 Å². The van der Waals surface area contributed by atoms with Crippen molar-refractivity contribution in [3.05, 3.63) is 0 Å². The molecular formula is C11H19N3O. The Kier molecular flexibility index (Phi) is 3.23. The maximum absolute atomic E-state index is 10.6. The van der Waals surface area contributed by atoms with Crippen molar-refractivity contribution in [1.29, 1.82) is 0 Å². The molecule has 2 fully saturated rings. The second kappa shape index (κ2) is 4.64. The van der Waals surface area contributed by atoms with Crippen LogP contribution < -0.4 is 11.2 Å². The lowest BCUT2D eigenvalue weighted by Gasteiger charge is -2.36. The fraction of sp³-hybridized carbons (Fsp3) is 0.818. The van der Waals surface area contributed by atoms with Crippen LogP contribution in [-0.4, -0.2) is 11.7 Å². The van der Waals surface area contributed by atoms with Gasteiger partial charge in [-0.2, -0.15) is 5.10 Å². The van der Waals surface area contributed by atoms with Gasteiger partial charge in [-0.1, -0.05) is 12.8 Å². The van der Waals surface area contributed by atoms with E-state index in [1.54, 1.807) is 0 Å². The Bertz CT molecular complexity index is 273. The molecule has 0 bridgehead atoms. The molecule has 4 heteroatoms. The van der Waals surface area contributed by atoms with Crippen molar-refractivity contribution >= 4 is 11.7 Å². The summed E-state index contributed by atoms with van der Waals surface area (Å²) in [4.78, 5) is 10.6. The molecule has 4 nitrogen and oxygen atoms in total. The van der Waals surface area contributed by atoms with Crippen molar-refractivity contribution in [3.63, 3.8) is 0 Å². The van der Waals surface area contributed by atoms with Gasteiger partial charge in [0.2, 0.25) is 0 Å². The van der Waals surface area contributed by atoms with Crippen molar-refractivity contribution in [1.82, 2.24) is 5.43 Å². The second-order valence-corrected chi connectivity index (χ2v) is 4.62. The van der Waals surface area contributed by atoms with Gasteiger partial charge in [0.1, 0.15) is 0 Å². The van der Waals surface area contributed by atoms with Gasteiger partial charge in [0.15, 0.2) is 0 Å². The molecule has 3 N–H and O–H groups in total. The van der Waals surface area contributed by atoms with Crippen molar-refractivity contribution in [2.45, 2.75) is 44.9 Å². The Hall–Kier alpha value is -1.06. The summed E-state index contributed by atoms with van der Waals surface area (Å²) in [6, 6.07) is -0.555. The molecule has 15 heavy (non-hydrogen) atoms. The third kappa shape index (κ3) is 2.49. The van der Waals surface area contributed by atoms with Crippen LogP contribution in [-0.2, 0) is 0 Å². The molecule has 2 atom stereocenters. The number of carbonyl (C=O) groups excluding carboxylic acids is 1. The first kappa shape index (κ1) is 10.5. The number of fused-ring (bicyclic) bond motifs is 1. The maximum atomic E-state index is 10.6. The van der Waals surface area contributed by atoms with Crippen LogP contribution in [0.2, 0.25) is 0 Å². The number of hydrogen-bond acceptors (Lipinski definition) is 2. The summed E-state index contributed by atoms with van der Waals surface area (Å²) in [6.45, 7) is 0. The molecule has 0 heterocycles. The molecule has 2 aliphatic rings. The Morgan fingerprint density at radius 2 is 2.00 bits per heavy atom. The lowest BCUT2D eigenvalue weighted by Crippen LogP contribution is -2.34. The van der Waals surface area contributed by atoms with E-state index in [1.165, 1.54) is 44.2 Å². The van der Waals surface area contributed by atoms with E-state index in [0.717, 1.165) is 12.3 Å². The third-order valence-electron chi connectivity index (χ3n) is 3.65. The molecule has 2 amide bonds. The molecule has 0 aromatic carbocycles. The minimum absolute atomic E-state index is 0.555. The molecule has 0 aliphatic heterocycles. The van der Waals surface area contributed by atoms with E-state index >= 15 is 0 Å². The highest BCUT2D eigenvalue weighted by atomic mass is 16.2. The summed E-state index contributed by atoms with van der Waals surface area (Å²) >= 11 is 0. The van der Waals surface area contributed by atoms with Crippen molar-refractivity contribution in [2.75, 3.05) is 0 Å². The second-order valence-electron chi connectivity index (χ2n) is 4.62. The summed E-state index contributed by atoms with van der Waals surface area (Å²) in [6.07, 6.45) is 8.81. The summed E-state index contributed by atoms with van der Waals surface area (Å²) in [7, 11) is 0. The van der Waals surface area contributed by atoms with Crippen LogP contribution >= 0.6 is 0 Å². The van der Waals surface area contributed by atoms with Gasteiger partial charge in [-0.05, 0) is 38.0 Å². The fourth-order valence-corrected chi connectivity index (χ4v) is 2.99. The number of hydrogen-bond donors (Lipinski definition) is 2. The quantitative estimate of drug-likeness (QED) is 0.637. The summed E-state index contributed by atoms with van der Waals surface area (Å²) in [5.74, 6) is 1.42. The molecule has 0 spiro atoms. The van der Waals surface area contributed by atoms with E-state index in [-0.39, 0.29) is 0 Å². The number of hydrazone groups is 1. The Morgan fingerprint density at radius 1 is 1.27 bits per heavy atom. The highest BCUT2D eigenvalue weighted by molar-refractivity contribution is 5.88. The Labute approximate surface area is 90.3 Å². The summed E-state index contributed by atoms with van der Waals surface area (Å²) in [5.41, 5.74) is 8.57. The standard InChI is InChI=1S/C11H19N3O/c12-11(15)14-13-10-7-3-5-8-4-1-2-6-9(8)10/h8-9H,1-7H2,(H3,12,14,15). The number of nitrogens with one attached hydrogen (secondary N) is 1. The summed E-state index contributed by atoms with van der Waals surface area (Å²) < 4.78 is 0. The number of rotatable bonds is 1. The van der Waals surface area contributed by atoms with E-state index in [4.69, 9.17) is 5.73 Å². The molecule has 0 saturated heterocycles. The van der Waals surface area contributed by atoms with Crippen LogP contribution in [0.3, 0.4) is 0 Å². The zero-order valence-electron chi connectivity index (χ0n) is 9.04. The zero-order chi connectivity index (χ0) is 10.7. The maximum Gasteiger partial charge on any atom is 0.332 e. The van der Waals surface area contributed by atoms with Gasteiger partial charge < -0.3 is 5.73 Å². The first-order valence-electron chi connectivity index (χ1n) is 5.89. The molecule has 0 aromatic heterocycles. The van der Waals surface area contributed by atoms with E-state index in [2.05, 4.69) is 10.5 Å². The molecule has 2 saturated carbocycles. The predicted molar refractivity (Wildman–Crippen MR) is 59.5 cm³/mol. The summed E-state index contributed by atoms with van der Waals surface area (Å²) in [5, 5.41) is 4.16. The third-order valence-corrected chi connectivity index (χ3v) is 3.65. The number of carbonyl (C=O) groups is 1. The van der Waals surface area contributed by atoms with Crippen LogP contribution in [0.25, 0.3) is 0 Å². The molecule has 84 valence electrons. The first-order valence-corrected chi connectivity index (χ1v) is 5.89. The Morgan fingerprint density at radius 3 is 2.80 bits per heavy atom. The Balaban J connectivity index is 2.03. The van der Waals surface area contributed by atoms with Crippen LogP contribution in [0.15, 0.2) is 5.10 Å². The zero-order valence-corrected chi connectivity index (χ0v) is 9.04. The first-order chi connectivity index (χ1) is 7.27. The van der Waals surface area contributed by atoms with E-state index in [1.807, 2.05) is 0 Å². The van der Waals surface area contributed by atoms with Gasteiger partial charge in [-0.3, -0.25) is 0 Å². The number of primary amides is 1. The lowest BCUT2D eigenvalue weighted by molar-refractivity contribution is 0.247. The molecule has 2 rings (SSSR count). The molecular weight excluding hydrogens is 190 g/mol. The monoisotopic (exact) mass is 209 g/mol. The molecule has 2 aliphatic carbocycles. The van der Waals surface area contributed by atoms with Gasteiger partial charge in [0, 0.05) is 11.6 Å². The number of nitrogens with two attached hydrogens (primary N) is 1. The molecule has 0 radical (unpaired) electrons. The molecule has 0 aromatic rings. The van der Waals surface area contributed by atoms with E-state index < -0.39 is 6.03 Å². The minimum atomic E-state index is -0.555. The average molecular weight is 209 g/mol. The SMILES string of the molecule is NC(=O)NN=C1CCCC2CCCCC12. The van der Waals surface area contributed by atoms with Crippen LogP contribution in [0.4, 0.5) is 4.79 Å². The van der Waals surface area contributed by atoms with Crippen molar-refractivity contribution in [2.24, 2.45) is 22.7 Å². The van der Waals surface area contributed by atoms with Crippen molar-refractivity contribution < 1.29 is 4.79 Å². The minimum Gasteiger partial charge on any atom is -0.350 e. The van der Waals surface area contributed by atoms with Crippen LogP contribution in [0.1, 0.15) is 44.9 Å². The van der Waals surface area contributed by atoms with Gasteiger partial charge in [0.25, 0.3) is 0 Å². The highest BCUT2D eigenvalue weighted by Gasteiger charge is 2.32. The van der Waals surface area contributed by atoms with Crippen LogP contribution in [0, 0.1) is 11.8 Å². The topological polar surface area (TPSA) is 67.5 Å². The van der Waals surface area contributed by atoms with Gasteiger partial charge in [0.05, 0.1) is 0 Å². The largest absolute Gasteiger partial charge is 0.350 e. The predicted octanol–water partition coefficient (Wildman–Crippen LogP) is 2.00. The van der Waals surface area contributed by atoms with Gasteiger partial charge in [-0.25, -0.2) is 10.2 Å². The normalized spacial score (nSPS) is 33.5. The highest BCUT2D eigenvalue weighted by Crippen LogP contribution is 2.38. The van der Waals surface area contributed by atoms with E-state index in [9.17, 15) is 4.79 Å². The fourth-order valence-electron chi connectivity index (χ4n) is 2.99.